The molecular weight excluding hydrogens is 234 g/mol. The van der Waals surface area contributed by atoms with Crippen molar-refractivity contribution in [3.05, 3.63) is 35.9 Å². The Labute approximate surface area is 105 Å². The predicted molar refractivity (Wildman–Crippen MR) is 70.9 cm³/mol. The Hall–Kier alpha value is -1.29. The largest absolute Gasteiger partial charge is 0.480 e. The summed E-state index contributed by atoms with van der Waals surface area (Å²) in [4.78, 5) is 16.6. The predicted octanol–water partition coefficient (Wildman–Crippen LogP) is 2.42. The number of carbonyl (C=O) groups excluding carboxylic acids is 1. The first-order valence-electron chi connectivity index (χ1n) is 5.71. The zero-order valence-corrected chi connectivity index (χ0v) is 10.6. The Morgan fingerprint density at radius 2 is 2.24 bits per heavy atom. The van der Waals surface area contributed by atoms with Gasteiger partial charge in [0.05, 0.1) is 13.2 Å². The molecule has 0 amide bonds. The van der Waals surface area contributed by atoms with E-state index in [0.29, 0.717) is 12.5 Å². The smallest absolute Gasteiger partial charge is 0.204 e. The summed E-state index contributed by atoms with van der Waals surface area (Å²) in [5.41, 5.74) is 0.722. The molecule has 0 aliphatic carbocycles. The quantitative estimate of drug-likeness (QED) is 0.772. The summed E-state index contributed by atoms with van der Waals surface area (Å²) in [6, 6.07) is 9.32. The number of aliphatic imine (C=N–C) groups is 1. The fourth-order valence-electron chi connectivity index (χ4n) is 1.69. The second kappa shape index (κ2) is 5.87. The molecule has 1 aliphatic heterocycles. The van der Waals surface area contributed by atoms with Crippen LogP contribution in [-0.4, -0.2) is 35.8 Å². The van der Waals surface area contributed by atoms with Gasteiger partial charge in [0.1, 0.15) is 5.25 Å². The SMILES string of the molecule is CCOC1=NCCSC1C(=O)c1ccccc1. The maximum absolute atomic E-state index is 12.3. The highest BCUT2D eigenvalue weighted by atomic mass is 32.2. The zero-order chi connectivity index (χ0) is 12.1. The molecule has 0 bridgehead atoms. The lowest BCUT2D eigenvalue weighted by atomic mass is 10.1. The molecule has 0 fully saturated rings. The Balaban J connectivity index is 2.18. The van der Waals surface area contributed by atoms with E-state index in [0.717, 1.165) is 17.9 Å². The Morgan fingerprint density at radius 1 is 1.47 bits per heavy atom. The Kier molecular flexibility index (Phi) is 4.20. The third-order valence-electron chi connectivity index (χ3n) is 2.46. The van der Waals surface area contributed by atoms with Gasteiger partial charge in [-0.3, -0.25) is 9.79 Å². The molecule has 1 aliphatic rings. The van der Waals surface area contributed by atoms with Crippen LogP contribution >= 0.6 is 11.8 Å². The highest BCUT2D eigenvalue weighted by Gasteiger charge is 2.29. The van der Waals surface area contributed by atoms with E-state index in [9.17, 15) is 4.79 Å². The van der Waals surface area contributed by atoms with Crippen LogP contribution in [0.1, 0.15) is 17.3 Å². The zero-order valence-electron chi connectivity index (χ0n) is 9.76. The number of ketones is 1. The topological polar surface area (TPSA) is 38.7 Å². The molecule has 0 saturated carbocycles. The van der Waals surface area contributed by atoms with Gasteiger partial charge in [0, 0.05) is 11.3 Å². The number of thioether (sulfide) groups is 1. The molecule has 1 aromatic rings. The molecule has 90 valence electrons. The summed E-state index contributed by atoms with van der Waals surface area (Å²) in [5, 5.41) is -0.272. The molecule has 1 atom stereocenters. The number of rotatable bonds is 3. The molecule has 1 heterocycles. The molecule has 0 radical (unpaired) electrons. The Bertz CT molecular complexity index is 417. The van der Waals surface area contributed by atoms with Crippen LogP contribution in [0.4, 0.5) is 0 Å². The number of ether oxygens (including phenoxy) is 1. The van der Waals surface area contributed by atoms with Crippen molar-refractivity contribution in [1.29, 1.82) is 0 Å². The van der Waals surface area contributed by atoms with Crippen LogP contribution in [0.3, 0.4) is 0 Å². The minimum absolute atomic E-state index is 0.0856. The average Bonchev–Trinajstić information content (AvgIpc) is 2.40. The van der Waals surface area contributed by atoms with Crippen molar-refractivity contribution in [3.8, 4) is 0 Å². The fraction of sp³-hybridized carbons (Fsp3) is 0.385. The van der Waals surface area contributed by atoms with Crippen LogP contribution in [0.25, 0.3) is 0 Å². The number of carbonyl (C=O) groups is 1. The maximum Gasteiger partial charge on any atom is 0.204 e. The molecular formula is C13H15NO2S. The van der Waals surface area contributed by atoms with E-state index in [1.165, 1.54) is 0 Å². The van der Waals surface area contributed by atoms with Crippen LogP contribution in [0, 0.1) is 0 Å². The lowest BCUT2D eigenvalue weighted by Gasteiger charge is -2.21. The third kappa shape index (κ3) is 2.88. The summed E-state index contributed by atoms with van der Waals surface area (Å²) >= 11 is 1.61. The van der Waals surface area contributed by atoms with Crippen molar-refractivity contribution in [2.75, 3.05) is 18.9 Å². The lowest BCUT2D eigenvalue weighted by molar-refractivity contribution is 0.0998. The van der Waals surface area contributed by atoms with Gasteiger partial charge in [-0.05, 0) is 6.92 Å². The molecule has 4 heteroatoms. The van der Waals surface area contributed by atoms with Crippen LogP contribution in [0.5, 0.6) is 0 Å². The van der Waals surface area contributed by atoms with Crippen molar-refractivity contribution in [2.24, 2.45) is 4.99 Å². The molecule has 3 nitrogen and oxygen atoms in total. The number of benzene rings is 1. The number of hydrogen-bond acceptors (Lipinski definition) is 4. The third-order valence-corrected chi connectivity index (χ3v) is 3.62. The van der Waals surface area contributed by atoms with Gasteiger partial charge in [-0.15, -0.1) is 11.8 Å². The molecule has 0 aromatic heterocycles. The summed E-state index contributed by atoms with van der Waals surface area (Å²) in [5.74, 6) is 1.54. The summed E-state index contributed by atoms with van der Waals surface area (Å²) < 4.78 is 5.45. The number of nitrogens with zero attached hydrogens (tertiary/aromatic N) is 1. The standard InChI is InChI=1S/C13H15NO2S/c1-2-16-13-12(17-9-8-14-13)11(15)10-6-4-3-5-7-10/h3-7,12H,2,8-9H2,1H3. The molecule has 1 aromatic carbocycles. The van der Waals surface area contributed by atoms with E-state index in [4.69, 9.17) is 4.74 Å². The highest BCUT2D eigenvalue weighted by molar-refractivity contribution is 8.01. The second-order valence-corrected chi connectivity index (χ2v) is 4.85. The molecule has 0 saturated heterocycles. The first-order chi connectivity index (χ1) is 8.33. The Morgan fingerprint density at radius 3 is 2.94 bits per heavy atom. The molecule has 2 rings (SSSR count). The van der Waals surface area contributed by atoms with Crippen molar-refractivity contribution in [3.63, 3.8) is 0 Å². The van der Waals surface area contributed by atoms with E-state index >= 15 is 0 Å². The van der Waals surface area contributed by atoms with E-state index in [1.807, 2.05) is 37.3 Å². The van der Waals surface area contributed by atoms with Crippen LogP contribution in [-0.2, 0) is 4.74 Å². The van der Waals surface area contributed by atoms with Crippen LogP contribution < -0.4 is 0 Å². The fourth-order valence-corrected chi connectivity index (χ4v) is 2.70. The number of Topliss-reactive ketones (excluding diaryl/α,β-unsaturated/α-hetero) is 1. The van der Waals surface area contributed by atoms with Crippen LogP contribution in [0.15, 0.2) is 35.3 Å². The van der Waals surface area contributed by atoms with Gasteiger partial charge in [0.2, 0.25) is 5.90 Å². The van der Waals surface area contributed by atoms with E-state index in [-0.39, 0.29) is 11.0 Å². The van der Waals surface area contributed by atoms with Gasteiger partial charge in [-0.1, -0.05) is 30.3 Å². The molecule has 0 spiro atoms. The van der Waals surface area contributed by atoms with E-state index in [1.54, 1.807) is 11.8 Å². The van der Waals surface area contributed by atoms with Crippen molar-refractivity contribution < 1.29 is 9.53 Å². The van der Waals surface area contributed by atoms with Crippen molar-refractivity contribution in [1.82, 2.24) is 0 Å². The van der Waals surface area contributed by atoms with Gasteiger partial charge in [0.25, 0.3) is 0 Å². The van der Waals surface area contributed by atoms with E-state index < -0.39 is 0 Å². The minimum Gasteiger partial charge on any atom is -0.480 e. The summed E-state index contributed by atoms with van der Waals surface area (Å²) in [6.07, 6.45) is 0. The van der Waals surface area contributed by atoms with Gasteiger partial charge in [-0.25, -0.2) is 0 Å². The average molecular weight is 249 g/mol. The maximum atomic E-state index is 12.3. The van der Waals surface area contributed by atoms with Crippen molar-refractivity contribution >= 4 is 23.4 Å². The van der Waals surface area contributed by atoms with Gasteiger partial charge >= 0.3 is 0 Å². The first kappa shape index (κ1) is 12.2. The molecule has 0 N–H and O–H groups in total. The lowest BCUT2D eigenvalue weighted by Crippen LogP contribution is -2.33. The highest BCUT2D eigenvalue weighted by Crippen LogP contribution is 2.22. The normalized spacial score (nSPS) is 19.6. The van der Waals surface area contributed by atoms with Crippen LogP contribution in [0.2, 0.25) is 0 Å². The van der Waals surface area contributed by atoms with E-state index in [2.05, 4.69) is 4.99 Å². The molecule has 1 unspecified atom stereocenters. The van der Waals surface area contributed by atoms with Gasteiger partial charge in [-0.2, -0.15) is 0 Å². The molecule has 17 heavy (non-hydrogen) atoms. The first-order valence-corrected chi connectivity index (χ1v) is 6.76. The second-order valence-electron chi connectivity index (χ2n) is 3.63. The summed E-state index contributed by atoms with van der Waals surface area (Å²) in [6.45, 7) is 3.20. The number of hydrogen-bond donors (Lipinski definition) is 0. The van der Waals surface area contributed by atoms with Gasteiger partial charge in [0.15, 0.2) is 5.78 Å². The minimum atomic E-state index is -0.272. The summed E-state index contributed by atoms with van der Waals surface area (Å²) in [7, 11) is 0. The monoisotopic (exact) mass is 249 g/mol. The van der Waals surface area contributed by atoms with Crippen molar-refractivity contribution in [2.45, 2.75) is 12.2 Å². The van der Waals surface area contributed by atoms with Gasteiger partial charge < -0.3 is 4.74 Å².